The van der Waals surface area contributed by atoms with Crippen molar-refractivity contribution in [3.05, 3.63) is 29.8 Å². The predicted octanol–water partition coefficient (Wildman–Crippen LogP) is 2.93. The molecule has 1 aromatic rings. The highest BCUT2D eigenvalue weighted by Gasteiger charge is 2.38. The standard InChI is InChI=1S/C18H24N2O2/c1-13(2)18(3)8-10-19(11-9-18)12-20-15-7-5-4-6-14(15)16(21)17(20)22/h4-7,13H,8-12H2,1-3H3. The van der Waals surface area contributed by atoms with Crippen molar-refractivity contribution < 1.29 is 9.59 Å². The minimum atomic E-state index is -0.390. The van der Waals surface area contributed by atoms with Gasteiger partial charge in [-0.15, -0.1) is 0 Å². The molecule has 3 rings (SSSR count). The number of amides is 1. The van der Waals surface area contributed by atoms with Gasteiger partial charge in [-0.25, -0.2) is 0 Å². The van der Waals surface area contributed by atoms with Crippen LogP contribution in [-0.4, -0.2) is 36.3 Å². The summed E-state index contributed by atoms with van der Waals surface area (Å²) in [6.07, 6.45) is 2.28. The number of likely N-dealkylation sites (tertiary alicyclic amines) is 1. The van der Waals surface area contributed by atoms with Crippen LogP contribution in [0.2, 0.25) is 0 Å². The zero-order valence-electron chi connectivity index (χ0n) is 13.6. The number of carbonyl (C=O) groups is 2. The van der Waals surface area contributed by atoms with Crippen LogP contribution in [0.25, 0.3) is 0 Å². The Balaban J connectivity index is 1.70. The van der Waals surface area contributed by atoms with Crippen molar-refractivity contribution in [2.75, 3.05) is 24.7 Å². The predicted molar refractivity (Wildman–Crippen MR) is 86.9 cm³/mol. The second-order valence-electron chi connectivity index (χ2n) is 7.15. The summed E-state index contributed by atoms with van der Waals surface area (Å²) in [4.78, 5) is 28.2. The summed E-state index contributed by atoms with van der Waals surface area (Å²) in [6, 6.07) is 7.29. The fourth-order valence-electron chi connectivity index (χ4n) is 3.37. The maximum atomic E-state index is 12.2. The number of hydrogen-bond donors (Lipinski definition) is 0. The molecule has 2 aliphatic heterocycles. The van der Waals surface area contributed by atoms with Crippen molar-refractivity contribution in [2.45, 2.75) is 33.6 Å². The molecule has 1 saturated heterocycles. The Labute approximate surface area is 132 Å². The second-order valence-corrected chi connectivity index (χ2v) is 7.15. The summed E-state index contributed by atoms with van der Waals surface area (Å²) < 4.78 is 0. The fourth-order valence-corrected chi connectivity index (χ4v) is 3.37. The van der Waals surface area contributed by atoms with Crippen LogP contribution in [0.1, 0.15) is 44.0 Å². The third-order valence-corrected chi connectivity index (χ3v) is 5.61. The number of ketones is 1. The van der Waals surface area contributed by atoms with E-state index in [1.54, 1.807) is 11.0 Å². The number of para-hydroxylation sites is 1. The van der Waals surface area contributed by atoms with Crippen LogP contribution in [0, 0.1) is 11.3 Å². The largest absolute Gasteiger partial charge is 0.300 e. The molecule has 0 N–H and O–H groups in total. The molecular formula is C18H24N2O2. The van der Waals surface area contributed by atoms with Gasteiger partial charge >= 0.3 is 5.91 Å². The maximum Gasteiger partial charge on any atom is 0.300 e. The minimum Gasteiger partial charge on any atom is -0.291 e. The van der Waals surface area contributed by atoms with Gasteiger partial charge in [0.25, 0.3) is 5.78 Å². The van der Waals surface area contributed by atoms with Crippen molar-refractivity contribution >= 4 is 17.4 Å². The number of Topliss-reactive ketones (excluding diaryl/α,β-unsaturated/α-hetero) is 1. The molecule has 2 aliphatic rings. The zero-order chi connectivity index (χ0) is 15.9. The maximum absolute atomic E-state index is 12.2. The van der Waals surface area contributed by atoms with Crippen LogP contribution in [0.5, 0.6) is 0 Å². The lowest BCUT2D eigenvalue weighted by Crippen LogP contribution is -2.47. The van der Waals surface area contributed by atoms with Crippen molar-refractivity contribution in [3.63, 3.8) is 0 Å². The normalized spacial score (nSPS) is 21.5. The van der Waals surface area contributed by atoms with Gasteiger partial charge in [0.15, 0.2) is 0 Å². The molecule has 118 valence electrons. The Bertz CT molecular complexity index is 601. The Morgan fingerprint density at radius 1 is 1.14 bits per heavy atom. The molecule has 4 nitrogen and oxygen atoms in total. The number of piperidine rings is 1. The molecule has 0 saturated carbocycles. The first kappa shape index (κ1) is 15.2. The van der Waals surface area contributed by atoms with E-state index in [-0.39, 0.29) is 5.78 Å². The summed E-state index contributed by atoms with van der Waals surface area (Å²) >= 11 is 0. The van der Waals surface area contributed by atoms with Crippen LogP contribution in [0.3, 0.4) is 0 Å². The van der Waals surface area contributed by atoms with E-state index in [2.05, 4.69) is 25.7 Å². The lowest BCUT2D eigenvalue weighted by atomic mass is 9.72. The van der Waals surface area contributed by atoms with Crippen LogP contribution in [0.15, 0.2) is 24.3 Å². The van der Waals surface area contributed by atoms with Crippen LogP contribution in [-0.2, 0) is 4.79 Å². The number of nitrogens with zero attached hydrogens (tertiary/aromatic N) is 2. The van der Waals surface area contributed by atoms with E-state index < -0.39 is 5.91 Å². The molecule has 1 aromatic carbocycles. The van der Waals surface area contributed by atoms with Gasteiger partial charge in [0.05, 0.1) is 17.9 Å². The molecule has 0 spiro atoms. The minimum absolute atomic E-state index is 0.375. The smallest absolute Gasteiger partial charge is 0.291 e. The van der Waals surface area contributed by atoms with E-state index >= 15 is 0 Å². The van der Waals surface area contributed by atoms with Gasteiger partial charge in [-0.05, 0) is 36.3 Å². The summed E-state index contributed by atoms with van der Waals surface area (Å²) in [7, 11) is 0. The van der Waals surface area contributed by atoms with Crippen LogP contribution < -0.4 is 4.90 Å². The van der Waals surface area contributed by atoms with Gasteiger partial charge in [0.2, 0.25) is 0 Å². The van der Waals surface area contributed by atoms with Crippen molar-refractivity contribution in [1.29, 1.82) is 0 Å². The first-order chi connectivity index (χ1) is 10.4. The molecule has 1 fully saturated rings. The highest BCUT2D eigenvalue weighted by molar-refractivity contribution is 6.52. The lowest BCUT2D eigenvalue weighted by Gasteiger charge is -2.43. The second kappa shape index (κ2) is 5.51. The fraction of sp³-hybridized carbons (Fsp3) is 0.556. The molecule has 2 heterocycles. The van der Waals surface area contributed by atoms with E-state index in [0.29, 0.717) is 23.6 Å². The first-order valence-corrected chi connectivity index (χ1v) is 8.10. The Morgan fingerprint density at radius 2 is 1.77 bits per heavy atom. The first-order valence-electron chi connectivity index (χ1n) is 8.10. The van der Waals surface area contributed by atoms with Gasteiger partial charge < -0.3 is 0 Å². The van der Waals surface area contributed by atoms with E-state index in [0.717, 1.165) is 31.6 Å². The molecule has 22 heavy (non-hydrogen) atoms. The van der Waals surface area contributed by atoms with E-state index in [1.807, 2.05) is 18.2 Å². The van der Waals surface area contributed by atoms with Crippen molar-refractivity contribution in [2.24, 2.45) is 11.3 Å². The number of hydrogen-bond acceptors (Lipinski definition) is 3. The van der Waals surface area contributed by atoms with Crippen LogP contribution in [0.4, 0.5) is 5.69 Å². The Morgan fingerprint density at radius 3 is 2.41 bits per heavy atom. The van der Waals surface area contributed by atoms with Gasteiger partial charge in [-0.3, -0.25) is 19.4 Å². The van der Waals surface area contributed by atoms with E-state index in [4.69, 9.17) is 0 Å². The summed E-state index contributed by atoms with van der Waals surface area (Å²) in [5.74, 6) is -0.0941. The number of benzene rings is 1. The van der Waals surface area contributed by atoms with Crippen molar-refractivity contribution in [3.8, 4) is 0 Å². The van der Waals surface area contributed by atoms with Crippen LogP contribution >= 0.6 is 0 Å². The summed E-state index contributed by atoms with van der Waals surface area (Å²) in [5.41, 5.74) is 1.69. The highest BCUT2D eigenvalue weighted by Crippen LogP contribution is 2.38. The monoisotopic (exact) mass is 300 g/mol. The third kappa shape index (κ3) is 2.45. The summed E-state index contributed by atoms with van der Waals surface area (Å²) in [5, 5.41) is 0. The summed E-state index contributed by atoms with van der Waals surface area (Å²) in [6.45, 7) is 9.41. The highest BCUT2D eigenvalue weighted by atomic mass is 16.2. The SMILES string of the molecule is CC(C)C1(C)CCN(CN2C(=O)C(=O)c3ccccc32)CC1. The molecule has 0 aliphatic carbocycles. The van der Waals surface area contributed by atoms with E-state index in [9.17, 15) is 9.59 Å². The molecular weight excluding hydrogens is 276 g/mol. The molecule has 0 aromatic heterocycles. The average molecular weight is 300 g/mol. The van der Waals surface area contributed by atoms with Gasteiger partial charge in [0.1, 0.15) is 0 Å². The number of carbonyl (C=O) groups excluding carboxylic acids is 2. The Hall–Kier alpha value is -1.68. The topological polar surface area (TPSA) is 40.6 Å². The number of anilines is 1. The molecule has 4 heteroatoms. The Kier molecular flexibility index (Phi) is 3.81. The quantitative estimate of drug-likeness (QED) is 0.806. The molecule has 1 amide bonds. The third-order valence-electron chi connectivity index (χ3n) is 5.61. The molecule has 0 atom stereocenters. The van der Waals surface area contributed by atoms with E-state index in [1.165, 1.54) is 0 Å². The van der Waals surface area contributed by atoms with Gasteiger partial charge in [-0.2, -0.15) is 0 Å². The van der Waals surface area contributed by atoms with Crippen molar-refractivity contribution in [1.82, 2.24) is 4.90 Å². The molecule has 0 radical (unpaired) electrons. The average Bonchev–Trinajstić information content (AvgIpc) is 2.75. The number of rotatable bonds is 3. The zero-order valence-corrected chi connectivity index (χ0v) is 13.6. The van der Waals surface area contributed by atoms with Gasteiger partial charge in [-0.1, -0.05) is 32.9 Å². The lowest BCUT2D eigenvalue weighted by molar-refractivity contribution is -0.114. The number of fused-ring (bicyclic) bond motifs is 1. The molecule has 0 bridgehead atoms. The van der Waals surface area contributed by atoms with Gasteiger partial charge in [0, 0.05) is 13.1 Å². The molecule has 0 unspecified atom stereocenters.